The van der Waals surface area contributed by atoms with Crippen LogP contribution in [0.2, 0.25) is 0 Å². The number of fused-ring (bicyclic) bond motifs is 1. The molecule has 21 heavy (non-hydrogen) atoms. The first-order valence-electron chi connectivity index (χ1n) is 6.76. The van der Waals surface area contributed by atoms with Crippen molar-refractivity contribution in [1.82, 2.24) is 0 Å². The molecule has 2 aromatic carbocycles. The second-order valence-corrected chi connectivity index (χ2v) is 6.78. The van der Waals surface area contributed by atoms with Crippen molar-refractivity contribution in [3.8, 4) is 11.5 Å². The molecule has 0 aromatic heterocycles. The van der Waals surface area contributed by atoms with Crippen molar-refractivity contribution in [2.45, 2.75) is 10.9 Å². The van der Waals surface area contributed by atoms with Gasteiger partial charge < -0.3 is 15.2 Å². The van der Waals surface area contributed by atoms with E-state index in [0.717, 1.165) is 27.3 Å². The predicted octanol–water partition coefficient (Wildman–Crippen LogP) is 4.01. The third kappa shape index (κ3) is 3.73. The molecule has 0 saturated carbocycles. The molecule has 0 spiro atoms. The van der Waals surface area contributed by atoms with Gasteiger partial charge in [0.2, 0.25) is 0 Å². The number of ether oxygens (including phenoxy) is 2. The van der Waals surface area contributed by atoms with Gasteiger partial charge in [0.25, 0.3) is 0 Å². The van der Waals surface area contributed by atoms with E-state index in [2.05, 4.69) is 28.1 Å². The van der Waals surface area contributed by atoms with Gasteiger partial charge in [0.15, 0.2) is 11.5 Å². The maximum absolute atomic E-state index is 6.28. The van der Waals surface area contributed by atoms with Crippen LogP contribution in [-0.4, -0.2) is 19.0 Å². The molecule has 1 aliphatic heterocycles. The van der Waals surface area contributed by atoms with Gasteiger partial charge in [-0.3, -0.25) is 0 Å². The number of halogens is 1. The third-order valence-electron chi connectivity index (χ3n) is 3.24. The third-order valence-corrected chi connectivity index (χ3v) is 4.90. The molecule has 0 saturated heterocycles. The molecule has 1 heterocycles. The number of thioether (sulfide) groups is 1. The largest absolute Gasteiger partial charge is 0.486 e. The molecule has 1 aliphatic rings. The maximum atomic E-state index is 6.28. The van der Waals surface area contributed by atoms with Crippen molar-refractivity contribution >= 4 is 27.7 Å². The van der Waals surface area contributed by atoms with E-state index < -0.39 is 0 Å². The van der Waals surface area contributed by atoms with Crippen LogP contribution in [-0.2, 0) is 0 Å². The normalized spacial score (nSPS) is 14.8. The molecular weight excluding hydrogens is 350 g/mol. The average molecular weight is 366 g/mol. The Kier molecular flexibility index (Phi) is 4.73. The van der Waals surface area contributed by atoms with E-state index in [0.29, 0.717) is 13.2 Å². The summed E-state index contributed by atoms with van der Waals surface area (Å²) in [5.74, 6) is 2.42. The summed E-state index contributed by atoms with van der Waals surface area (Å²) in [5, 5.41) is 0. The molecule has 2 aromatic rings. The van der Waals surface area contributed by atoms with Gasteiger partial charge in [0, 0.05) is 21.2 Å². The molecule has 0 aliphatic carbocycles. The number of hydrogen-bond donors (Lipinski definition) is 1. The van der Waals surface area contributed by atoms with E-state index >= 15 is 0 Å². The minimum absolute atomic E-state index is 0.0329. The summed E-state index contributed by atoms with van der Waals surface area (Å²) < 4.78 is 12.2. The Labute approximate surface area is 137 Å². The van der Waals surface area contributed by atoms with Gasteiger partial charge in [-0.15, -0.1) is 11.8 Å². The van der Waals surface area contributed by atoms with Gasteiger partial charge in [-0.2, -0.15) is 0 Å². The predicted molar refractivity (Wildman–Crippen MR) is 89.2 cm³/mol. The van der Waals surface area contributed by atoms with E-state index in [9.17, 15) is 0 Å². The minimum atomic E-state index is -0.0329. The molecule has 110 valence electrons. The van der Waals surface area contributed by atoms with E-state index in [-0.39, 0.29) is 6.04 Å². The Bertz CT molecular complexity index is 618. The Morgan fingerprint density at radius 3 is 2.52 bits per heavy atom. The summed E-state index contributed by atoms with van der Waals surface area (Å²) in [5.41, 5.74) is 7.35. The Hall–Kier alpha value is -1.17. The van der Waals surface area contributed by atoms with Crippen LogP contribution in [0.1, 0.15) is 11.6 Å². The summed E-state index contributed by atoms with van der Waals surface area (Å²) in [6, 6.07) is 14.2. The topological polar surface area (TPSA) is 44.5 Å². The van der Waals surface area contributed by atoms with Crippen LogP contribution in [0, 0.1) is 0 Å². The van der Waals surface area contributed by atoms with E-state index in [4.69, 9.17) is 15.2 Å². The van der Waals surface area contributed by atoms with Crippen molar-refractivity contribution in [3.05, 3.63) is 52.5 Å². The van der Waals surface area contributed by atoms with E-state index in [1.54, 1.807) is 11.8 Å². The SMILES string of the molecule is NC(CSc1ccc(Br)cc1)c1ccc2c(c1)OCCO2. The monoisotopic (exact) mass is 365 g/mol. The quantitative estimate of drug-likeness (QED) is 0.831. The molecule has 0 fully saturated rings. The summed E-state index contributed by atoms with van der Waals surface area (Å²) in [6.45, 7) is 1.21. The Morgan fingerprint density at radius 2 is 1.76 bits per heavy atom. The zero-order valence-electron chi connectivity index (χ0n) is 11.4. The molecule has 0 amide bonds. The first kappa shape index (κ1) is 14.8. The van der Waals surface area contributed by atoms with Crippen LogP contribution in [0.15, 0.2) is 51.8 Å². The van der Waals surface area contributed by atoms with Crippen LogP contribution >= 0.6 is 27.7 Å². The lowest BCUT2D eigenvalue weighted by Crippen LogP contribution is -2.17. The fraction of sp³-hybridized carbons (Fsp3) is 0.250. The highest BCUT2D eigenvalue weighted by Crippen LogP contribution is 2.33. The highest BCUT2D eigenvalue weighted by Gasteiger charge is 2.14. The van der Waals surface area contributed by atoms with Crippen molar-refractivity contribution in [2.24, 2.45) is 5.73 Å². The second kappa shape index (κ2) is 6.73. The number of benzene rings is 2. The Balaban J connectivity index is 1.65. The lowest BCUT2D eigenvalue weighted by atomic mass is 10.1. The van der Waals surface area contributed by atoms with Crippen molar-refractivity contribution in [1.29, 1.82) is 0 Å². The van der Waals surface area contributed by atoms with Gasteiger partial charge in [-0.1, -0.05) is 22.0 Å². The van der Waals surface area contributed by atoms with Crippen molar-refractivity contribution in [2.75, 3.05) is 19.0 Å². The molecule has 0 radical (unpaired) electrons. The summed E-state index contributed by atoms with van der Waals surface area (Å²) in [7, 11) is 0. The molecule has 5 heteroatoms. The Morgan fingerprint density at radius 1 is 1.05 bits per heavy atom. The second-order valence-electron chi connectivity index (χ2n) is 4.77. The highest BCUT2D eigenvalue weighted by atomic mass is 79.9. The fourth-order valence-corrected chi connectivity index (χ4v) is 3.26. The zero-order valence-corrected chi connectivity index (χ0v) is 13.8. The number of hydrogen-bond acceptors (Lipinski definition) is 4. The molecule has 0 bridgehead atoms. The van der Waals surface area contributed by atoms with Gasteiger partial charge >= 0.3 is 0 Å². The van der Waals surface area contributed by atoms with Crippen LogP contribution in [0.5, 0.6) is 11.5 Å². The first-order chi connectivity index (χ1) is 10.2. The molecule has 3 rings (SSSR count). The van der Waals surface area contributed by atoms with Crippen LogP contribution < -0.4 is 15.2 Å². The fourth-order valence-electron chi connectivity index (χ4n) is 2.10. The maximum Gasteiger partial charge on any atom is 0.161 e. The van der Waals surface area contributed by atoms with E-state index in [1.807, 2.05) is 30.3 Å². The summed E-state index contributed by atoms with van der Waals surface area (Å²) >= 11 is 5.19. The lowest BCUT2D eigenvalue weighted by molar-refractivity contribution is 0.171. The van der Waals surface area contributed by atoms with Crippen molar-refractivity contribution in [3.63, 3.8) is 0 Å². The van der Waals surface area contributed by atoms with Gasteiger partial charge in [-0.05, 0) is 42.0 Å². The molecule has 2 N–H and O–H groups in total. The minimum Gasteiger partial charge on any atom is -0.486 e. The highest BCUT2D eigenvalue weighted by molar-refractivity contribution is 9.10. The average Bonchev–Trinajstić information content (AvgIpc) is 2.53. The number of rotatable bonds is 4. The van der Waals surface area contributed by atoms with Gasteiger partial charge in [0.05, 0.1) is 0 Å². The molecule has 3 nitrogen and oxygen atoms in total. The van der Waals surface area contributed by atoms with Gasteiger partial charge in [0.1, 0.15) is 13.2 Å². The lowest BCUT2D eigenvalue weighted by Gasteiger charge is -2.20. The smallest absolute Gasteiger partial charge is 0.161 e. The van der Waals surface area contributed by atoms with Crippen LogP contribution in [0.3, 0.4) is 0 Å². The summed E-state index contributed by atoms with van der Waals surface area (Å²) in [6.07, 6.45) is 0. The van der Waals surface area contributed by atoms with Crippen LogP contribution in [0.4, 0.5) is 0 Å². The molecule has 1 atom stereocenters. The standard InChI is InChI=1S/C16H16BrNO2S/c17-12-2-4-13(5-3-12)21-10-14(18)11-1-6-15-16(9-11)20-8-7-19-15/h1-6,9,14H,7-8,10,18H2. The zero-order chi connectivity index (χ0) is 14.7. The summed E-state index contributed by atoms with van der Waals surface area (Å²) in [4.78, 5) is 1.21. The number of nitrogens with two attached hydrogens (primary N) is 1. The van der Waals surface area contributed by atoms with Crippen molar-refractivity contribution < 1.29 is 9.47 Å². The van der Waals surface area contributed by atoms with E-state index in [1.165, 1.54) is 4.90 Å². The first-order valence-corrected chi connectivity index (χ1v) is 8.54. The molecule has 1 unspecified atom stereocenters. The van der Waals surface area contributed by atoms with Gasteiger partial charge in [-0.25, -0.2) is 0 Å². The molecular formula is C16H16BrNO2S. The van der Waals surface area contributed by atoms with Crippen LogP contribution in [0.25, 0.3) is 0 Å².